The average Bonchev–Trinajstić information content (AvgIpc) is 3.58. The number of pyridine rings is 3. The minimum atomic E-state index is 0.942. The summed E-state index contributed by atoms with van der Waals surface area (Å²) < 4.78 is 2.32. The second-order valence-corrected chi connectivity index (χ2v) is 9.73. The number of fused-ring (bicyclic) bond motifs is 15. The topological polar surface area (TPSA) is 43.1 Å². The lowest BCUT2D eigenvalue weighted by Gasteiger charge is -2.11. The van der Waals surface area contributed by atoms with Gasteiger partial charge in [-0.05, 0) is 81.4 Å². The van der Waals surface area contributed by atoms with Crippen molar-refractivity contribution in [3.63, 3.8) is 0 Å². The predicted octanol–water partition coefficient (Wildman–Crippen LogP) is 6.73. The largest absolute Gasteiger partial charge is 0.289 e. The summed E-state index contributed by atoms with van der Waals surface area (Å²) in [6, 6.07) is 22.3. The molecule has 162 valence electrons. The molecular formula is C31H18N4. The summed E-state index contributed by atoms with van der Waals surface area (Å²) in [4.78, 5) is 14.1. The lowest BCUT2D eigenvalue weighted by molar-refractivity contribution is 1.21. The van der Waals surface area contributed by atoms with Gasteiger partial charge < -0.3 is 0 Å². The molecule has 4 nitrogen and oxygen atoms in total. The molecule has 0 N–H and O–H groups in total. The molecule has 0 amide bonds. The van der Waals surface area contributed by atoms with Gasteiger partial charge in [-0.3, -0.25) is 14.4 Å². The van der Waals surface area contributed by atoms with Crippen LogP contribution in [0.25, 0.3) is 60.6 Å². The van der Waals surface area contributed by atoms with Crippen LogP contribution < -0.4 is 0 Å². The molecule has 4 aromatic heterocycles. The number of benzene rings is 3. The summed E-state index contributed by atoms with van der Waals surface area (Å²) in [6.07, 6.45) is 9.62. The highest BCUT2D eigenvalue weighted by molar-refractivity contribution is 6.15. The van der Waals surface area contributed by atoms with Gasteiger partial charge in [0.15, 0.2) is 0 Å². The maximum Gasteiger partial charge on any atom is 0.148 e. The number of nitrogens with zero attached hydrogens (tertiary/aromatic N) is 4. The van der Waals surface area contributed by atoms with Gasteiger partial charge in [-0.25, -0.2) is 4.98 Å². The Balaban J connectivity index is 1.46. The summed E-state index contributed by atoms with van der Waals surface area (Å²) in [5.41, 5.74) is 15.3. The molecule has 4 heterocycles. The molecule has 35 heavy (non-hydrogen) atoms. The van der Waals surface area contributed by atoms with E-state index in [1.165, 1.54) is 55.4 Å². The van der Waals surface area contributed by atoms with Crippen LogP contribution in [0.1, 0.15) is 22.3 Å². The van der Waals surface area contributed by atoms with Crippen molar-refractivity contribution in [2.45, 2.75) is 12.8 Å². The third-order valence-corrected chi connectivity index (χ3v) is 7.97. The Morgan fingerprint density at radius 2 is 1.46 bits per heavy atom. The zero-order valence-electron chi connectivity index (χ0n) is 18.8. The van der Waals surface area contributed by atoms with Gasteiger partial charge in [-0.1, -0.05) is 36.4 Å². The third-order valence-electron chi connectivity index (χ3n) is 7.97. The molecule has 2 aliphatic rings. The lowest BCUT2D eigenvalue weighted by atomic mass is 9.97. The number of hydrogen-bond acceptors (Lipinski definition) is 3. The van der Waals surface area contributed by atoms with E-state index in [4.69, 9.17) is 4.98 Å². The molecule has 0 atom stereocenters. The van der Waals surface area contributed by atoms with Gasteiger partial charge in [0, 0.05) is 34.9 Å². The van der Waals surface area contributed by atoms with Crippen LogP contribution in [-0.4, -0.2) is 19.4 Å². The Kier molecular flexibility index (Phi) is 3.11. The number of imidazole rings is 1. The maximum atomic E-state index is 5.15. The van der Waals surface area contributed by atoms with Crippen LogP contribution in [-0.2, 0) is 12.8 Å². The van der Waals surface area contributed by atoms with E-state index in [1.807, 2.05) is 24.8 Å². The molecule has 0 bridgehead atoms. The highest BCUT2D eigenvalue weighted by atomic mass is 15.0. The van der Waals surface area contributed by atoms with Gasteiger partial charge in [0.1, 0.15) is 5.65 Å². The Hall–Kier alpha value is -4.57. The average molecular weight is 447 g/mol. The Bertz CT molecular complexity index is 2070. The summed E-state index contributed by atoms with van der Waals surface area (Å²) in [7, 11) is 0. The van der Waals surface area contributed by atoms with E-state index in [0.717, 1.165) is 40.3 Å². The van der Waals surface area contributed by atoms with Crippen molar-refractivity contribution in [3.05, 3.63) is 108 Å². The minimum absolute atomic E-state index is 0.942. The predicted molar refractivity (Wildman–Crippen MR) is 140 cm³/mol. The molecule has 0 saturated heterocycles. The van der Waals surface area contributed by atoms with E-state index in [-0.39, 0.29) is 0 Å². The van der Waals surface area contributed by atoms with E-state index in [0.29, 0.717) is 0 Å². The summed E-state index contributed by atoms with van der Waals surface area (Å²) >= 11 is 0. The van der Waals surface area contributed by atoms with E-state index >= 15 is 0 Å². The van der Waals surface area contributed by atoms with Gasteiger partial charge >= 0.3 is 0 Å². The maximum absolute atomic E-state index is 5.15. The molecule has 9 rings (SSSR count). The van der Waals surface area contributed by atoms with Crippen LogP contribution in [0.3, 0.4) is 0 Å². The molecule has 4 heteroatoms. The third kappa shape index (κ3) is 2.15. The van der Waals surface area contributed by atoms with Crippen molar-refractivity contribution in [3.8, 4) is 22.3 Å². The Morgan fingerprint density at radius 1 is 0.629 bits per heavy atom. The minimum Gasteiger partial charge on any atom is -0.289 e. The first-order valence-electron chi connectivity index (χ1n) is 12.0. The van der Waals surface area contributed by atoms with Crippen molar-refractivity contribution >= 4 is 38.4 Å². The molecule has 2 aliphatic carbocycles. The Labute approximate surface area is 200 Å². The molecule has 3 aromatic carbocycles. The van der Waals surface area contributed by atoms with Crippen LogP contribution in [0.5, 0.6) is 0 Å². The summed E-state index contributed by atoms with van der Waals surface area (Å²) in [5.74, 6) is 0. The van der Waals surface area contributed by atoms with Crippen LogP contribution in [0.4, 0.5) is 0 Å². The van der Waals surface area contributed by atoms with Gasteiger partial charge in [0.2, 0.25) is 0 Å². The smallest absolute Gasteiger partial charge is 0.148 e. The van der Waals surface area contributed by atoms with Gasteiger partial charge in [-0.15, -0.1) is 0 Å². The normalized spacial score (nSPS) is 13.5. The van der Waals surface area contributed by atoms with Crippen molar-refractivity contribution in [2.24, 2.45) is 0 Å². The zero-order chi connectivity index (χ0) is 22.7. The molecular weight excluding hydrogens is 428 g/mol. The van der Waals surface area contributed by atoms with Crippen molar-refractivity contribution < 1.29 is 0 Å². The van der Waals surface area contributed by atoms with E-state index in [9.17, 15) is 0 Å². The fraction of sp³-hybridized carbons (Fsp3) is 0.0645. The second-order valence-electron chi connectivity index (χ2n) is 9.73. The highest BCUT2D eigenvalue weighted by Crippen LogP contribution is 2.47. The quantitative estimate of drug-likeness (QED) is 0.243. The highest BCUT2D eigenvalue weighted by Gasteiger charge is 2.28. The molecule has 0 fully saturated rings. The fourth-order valence-electron chi connectivity index (χ4n) is 6.49. The second kappa shape index (κ2) is 6.10. The molecule has 0 unspecified atom stereocenters. The Morgan fingerprint density at radius 3 is 2.43 bits per heavy atom. The molecule has 0 aliphatic heterocycles. The molecule has 0 spiro atoms. The molecule has 0 radical (unpaired) electrons. The van der Waals surface area contributed by atoms with Gasteiger partial charge in [0.25, 0.3) is 0 Å². The number of hydrogen-bond donors (Lipinski definition) is 0. The first-order chi connectivity index (χ1) is 17.3. The SMILES string of the molecule is c1ccc2c(c1)Cc1cc3c(cc1-2)-c1c(ccc2nc4c5cnccc5c5ccncc5n4c12)C3. The zero-order valence-corrected chi connectivity index (χ0v) is 18.8. The number of aromatic nitrogens is 4. The van der Waals surface area contributed by atoms with Crippen LogP contribution >= 0.6 is 0 Å². The molecule has 0 saturated carbocycles. The van der Waals surface area contributed by atoms with Crippen LogP contribution in [0.2, 0.25) is 0 Å². The van der Waals surface area contributed by atoms with Crippen LogP contribution in [0.15, 0.2) is 85.5 Å². The fourth-order valence-corrected chi connectivity index (χ4v) is 6.49. The monoisotopic (exact) mass is 446 g/mol. The first kappa shape index (κ1) is 17.8. The first-order valence-corrected chi connectivity index (χ1v) is 12.0. The van der Waals surface area contributed by atoms with Gasteiger partial charge in [-0.2, -0.15) is 0 Å². The summed E-state index contributed by atoms with van der Waals surface area (Å²) in [6.45, 7) is 0. The van der Waals surface area contributed by atoms with Crippen molar-refractivity contribution in [1.29, 1.82) is 0 Å². The summed E-state index contributed by atoms with van der Waals surface area (Å²) in [5, 5.41) is 3.40. The van der Waals surface area contributed by atoms with Crippen LogP contribution in [0, 0.1) is 0 Å². The van der Waals surface area contributed by atoms with Crippen molar-refractivity contribution in [1.82, 2.24) is 19.4 Å². The van der Waals surface area contributed by atoms with E-state index in [2.05, 4.69) is 75.0 Å². The van der Waals surface area contributed by atoms with E-state index < -0.39 is 0 Å². The number of rotatable bonds is 0. The van der Waals surface area contributed by atoms with Crippen molar-refractivity contribution in [2.75, 3.05) is 0 Å². The van der Waals surface area contributed by atoms with E-state index in [1.54, 1.807) is 0 Å². The molecule has 7 aromatic rings. The lowest BCUT2D eigenvalue weighted by Crippen LogP contribution is -1.94. The van der Waals surface area contributed by atoms with Gasteiger partial charge in [0.05, 0.1) is 22.7 Å². The standard InChI is InChI=1S/C31H18N4/c1-2-4-21-17(3-1)11-19-13-20-12-18-5-6-27-30(29(18)25(20)14-24(19)21)35-28-16-33-10-8-23(28)22-7-9-32-15-26(22)31(35)34-27/h1-10,13-16H,11-12H2.